The average Bonchev–Trinajstić information content (AvgIpc) is 3.20. The van der Waals surface area contributed by atoms with Gasteiger partial charge in [0.25, 0.3) is 0 Å². The first-order valence-electron chi connectivity index (χ1n) is 9.75. The van der Waals surface area contributed by atoms with Gasteiger partial charge in [0.05, 0.1) is 27.1 Å². The highest BCUT2D eigenvalue weighted by molar-refractivity contribution is 8.00. The zero-order valence-electron chi connectivity index (χ0n) is 17.3. The molecule has 0 radical (unpaired) electrons. The second kappa shape index (κ2) is 9.10. The number of carbonyl (C=O) groups is 1. The Bertz CT molecular complexity index is 1360. The molecule has 170 valence electrons. The van der Waals surface area contributed by atoms with Crippen molar-refractivity contribution in [1.29, 1.82) is 0 Å². The predicted octanol–water partition coefficient (Wildman–Crippen LogP) is 5.68. The molecule has 0 aliphatic carbocycles. The lowest BCUT2D eigenvalue weighted by molar-refractivity contribution is 0.103. The summed E-state index contributed by atoms with van der Waals surface area (Å²) in [6.45, 7) is 3.74. The van der Waals surface area contributed by atoms with Crippen LogP contribution in [-0.4, -0.2) is 26.8 Å². The Morgan fingerprint density at radius 1 is 1.06 bits per heavy atom. The molecule has 3 N–H and O–H groups in total. The van der Waals surface area contributed by atoms with E-state index < -0.39 is 34.6 Å². The number of hydrogen-bond acceptors (Lipinski definition) is 6. The van der Waals surface area contributed by atoms with Crippen LogP contribution < -0.4 is 10.0 Å². The molecule has 0 aliphatic heterocycles. The highest BCUT2D eigenvalue weighted by atomic mass is 32.2. The van der Waals surface area contributed by atoms with Crippen LogP contribution >= 0.6 is 11.9 Å². The van der Waals surface area contributed by atoms with Crippen LogP contribution in [0.15, 0.2) is 47.8 Å². The summed E-state index contributed by atoms with van der Waals surface area (Å²) < 4.78 is 59.5. The Morgan fingerprint density at radius 2 is 1.82 bits per heavy atom. The summed E-state index contributed by atoms with van der Waals surface area (Å²) in [6, 6.07) is 4.76. The molecule has 0 unspecified atom stereocenters. The van der Waals surface area contributed by atoms with Gasteiger partial charge in [-0.3, -0.25) is 4.79 Å². The molecule has 2 aromatic heterocycles. The lowest BCUT2D eigenvalue weighted by atomic mass is 10.0. The number of nitrogens with zero attached hydrogens (tertiary/aromatic N) is 2. The maximum atomic E-state index is 15.2. The first kappa shape index (κ1) is 22.6. The number of rotatable bonds is 7. The highest BCUT2D eigenvalue weighted by Crippen LogP contribution is 2.32. The quantitative estimate of drug-likeness (QED) is 0.181. The van der Waals surface area contributed by atoms with Gasteiger partial charge in [0.1, 0.15) is 35.2 Å². The van der Waals surface area contributed by atoms with Gasteiger partial charge in [0.15, 0.2) is 5.82 Å². The molecular formula is C22H17F4N5OS. The van der Waals surface area contributed by atoms with E-state index in [4.69, 9.17) is 0 Å². The number of H-pyrrole nitrogens is 1. The summed E-state index contributed by atoms with van der Waals surface area (Å²) in [7, 11) is 0. The fraction of sp³-hybridized carbons (Fsp3) is 0.136. The normalized spacial score (nSPS) is 11.2. The number of ketones is 1. The van der Waals surface area contributed by atoms with Crippen LogP contribution in [0.1, 0.15) is 29.8 Å². The number of benzene rings is 2. The van der Waals surface area contributed by atoms with E-state index in [0.717, 1.165) is 30.3 Å². The number of anilines is 2. The molecule has 33 heavy (non-hydrogen) atoms. The van der Waals surface area contributed by atoms with Crippen LogP contribution in [0.2, 0.25) is 0 Å². The summed E-state index contributed by atoms with van der Waals surface area (Å²) in [5, 5.41) is 3.37. The smallest absolute Gasteiger partial charge is 0.201 e. The number of carbonyl (C=O) groups excluding carboxylic acids is 1. The van der Waals surface area contributed by atoms with Crippen molar-refractivity contribution in [2.75, 3.05) is 10.0 Å². The first-order chi connectivity index (χ1) is 15.8. The van der Waals surface area contributed by atoms with Crippen LogP contribution in [0.3, 0.4) is 0 Å². The molecule has 4 aromatic rings. The molecule has 0 amide bonds. The third-order valence-electron chi connectivity index (χ3n) is 4.62. The number of nitrogens with one attached hydrogen (secondary N) is 3. The van der Waals surface area contributed by atoms with Crippen molar-refractivity contribution in [2.45, 2.75) is 24.8 Å². The predicted molar refractivity (Wildman–Crippen MR) is 118 cm³/mol. The molecule has 6 nitrogen and oxygen atoms in total. The monoisotopic (exact) mass is 475 g/mol. The molecule has 11 heteroatoms. The van der Waals surface area contributed by atoms with Crippen molar-refractivity contribution in [3.63, 3.8) is 0 Å². The van der Waals surface area contributed by atoms with E-state index >= 15 is 4.39 Å². The van der Waals surface area contributed by atoms with Gasteiger partial charge >= 0.3 is 0 Å². The molecule has 0 atom stereocenters. The van der Waals surface area contributed by atoms with Crippen molar-refractivity contribution in [1.82, 2.24) is 15.0 Å². The fourth-order valence-corrected chi connectivity index (χ4v) is 3.88. The molecular weight excluding hydrogens is 458 g/mol. The van der Waals surface area contributed by atoms with Crippen LogP contribution in [-0.2, 0) is 0 Å². The number of aromatic amines is 1. The van der Waals surface area contributed by atoms with Crippen molar-refractivity contribution >= 4 is 40.3 Å². The number of halogens is 4. The molecule has 0 fully saturated rings. The van der Waals surface area contributed by atoms with Gasteiger partial charge in [-0.05, 0) is 56.1 Å². The Kier molecular flexibility index (Phi) is 6.23. The number of hydrogen-bond donors (Lipinski definition) is 3. The SMILES string of the molecule is CC(C)Nc1ncnc2[nH]cc(C(=O)c3c(F)ccc(NSc4cc(F)ccc4F)c3F)c12. The third-order valence-corrected chi connectivity index (χ3v) is 5.48. The van der Waals surface area contributed by atoms with E-state index in [0.29, 0.717) is 28.8 Å². The van der Waals surface area contributed by atoms with Gasteiger partial charge in [-0.15, -0.1) is 0 Å². The zero-order valence-corrected chi connectivity index (χ0v) is 18.2. The largest absolute Gasteiger partial charge is 0.367 e. The van der Waals surface area contributed by atoms with E-state index in [1.54, 1.807) is 0 Å². The van der Waals surface area contributed by atoms with Crippen molar-refractivity contribution < 1.29 is 22.4 Å². The van der Waals surface area contributed by atoms with E-state index in [1.165, 1.54) is 12.5 Å². The van der Waals surface area contributed by atoms with Crippen molar-refractivity contribution in [3.8, 4) is 0 Å². The Morgan fingerprint density at radius 3 is 2.58 bits per heavy atom. The van der Waals surface area contributed by atoms with Crippen LogP contribution in [0.4, 0.5) is 29.1 Å². The summed E-state index contributed by atoms with van der Waals surface area (Å²) in [5.41, 5.74) is -0.776. The van der Waals surface area contributed by atoms with E-state index in [9.17, 15) is 18.0 Å². The first-order valence-corrected chi connectivity index (χ1v) is 10.6. The van der Waals surface area contributed by atoms with Gasteiger partial charge in [-0.2, -0.15) is 0 Å². The van der Waals surface area contributed by atoms with E-state index in [1.807, 2.05) is 13.8 Å². The van der Waals surface area contributed by atoms with Gasteiger partial charge in [-0.1, -0.05) is 0 Å². The molecule has 0 aliphatic rings. The summed E-state index contributed by atoms with van der Waals surface area (Å²) in [6.07, 6.45) is 2.61. The minimum atomic E-state index is -1.17. The van der Waals surface area contributed by atoms with Gasteiger partial charge in [0, 0.05) is 12.2 Å². The van der Waals surface area contributed by atoms with Crippen LogP contribution in [0, 0.1) is 23.3 Å². The molecule has 0 saturated heterocycles. The van der Waals surface area contributed by atoms with Crippen molar-refractivity contribution in [2.24, 2.45) is 0 Å². The average molecular weight is 475 g/mol. The van der Waals surface area contributed by atoms with Crippen molar-refractivity contribution in [3.05, 3.63) is 77.3 Å². The molecule has 4 rings (SSSR count). The van der Waals surface area contributed by atoms with E-state index in [-0.39, 0.29) is 22.2 Å². The Labute approximate surface area is 190 Å². The molecule has 0 saturated carbocycles. The minimum absolute atomic E-state index is 0.0208. The van der Waals surface area contributed by atoms with Gasteiger partial charge < -0.3 is 15.0 Å². The lowest BCUT2D eigenvalue weighted by Crippen LogP contribution is -2.13. The molecule has 2 aromatic carbocycles. The van der Waals surface area contributed by atoms with E-state index in [2.05, 4.69) is 25.0 Å². The fourth-order valence-electron chi connectivity index (χ4n) is 3.16. The zero-order chi connectivity index (χ0) is 23.7. The molecule has 2 heterocycles. The maximum absolute atomic E-state index is 15.2. The van der Waals surface area contributed by atoms with Gasteiger partial charge in [-0.25, -0.2) is 27.5 Å². The third kappa shape index (κ3) is 4.49. The second-order valence-electron chi connectivity index (χ2n) is 7.34. The van der Waals surface area contributed by atoms with Crippen LogP contribution in [0.25, 0.3) is 11.0 Å². The number of fused-ring (bicyclic) bond motifs is 1. The number of aromatic nitrogens is 3. The Hall–Kier alpha value is -3.60. The maximum Gasteiger partial charge on any atom is 0.201 e. The molecule has 0 bridgehead atoms. The van der Waals surface area contributed by atoms with Crippen LogP contribution in [0.5, 0.6) is 0 Å². The molecule has 0 spiro atoms. The summed E-state index contributed by atoms with van der Waals surface area (Å²) in [5.74, 6) is -4.24. The Balaban J connectivity index is 1.71. The minimum Gasteiger partial charge on any atom is -0.367 e. The summed E-state index contributed by atoms with van der Waals surface area (Å²) >= 11 is 0.589. The lowest BCUT2D eigenvalue weighted by Gasteiger charge is -2.12. The second-order valence-corrected chi connectivity index (χ2v) is 8.19. The highest BCUT2D eigenvalue weighted by Gasteiger charge is 2.26. The topological polar surface area (TPSA) is 82.7 Å². The standard InChI is InChI=1S/C22H17F4N5OS/c1-10(2)30-22-17-12(8-27-21(17)28-9-29-22)20(32)18-14(25)5-6-15(19(18)26)31-33-16-7-11(23)3-4-13(16)24/h3-10,31H,1-2H3,(H2,27,28,29,30). The van der Waals surface area contributed by atoms with Gasteiger partial charge in [0.2, 0.25) is 5.78 Å². The summed E-state index contributed by atoms with van der Waals surface area (Å²) in [4.78, 5) is 24.1.